The van der Waals surface area contributed by atoms with Crippen LogP contribution in [0.1, 0.15) is 37.0 Å². The van der Waals surface area contributed by atoms with Crippen LogP contribution in [0.25, 0.3) is 0 Å². The minimum absolute atomic E-state index is 0.105. The van der Waals surface area contributed by atoms with E-state index in [2.05, 4.69) is 18.7 Å². The second-order valence-corrected chi connectivity index (χ2v) is 4.53. The molecule has 0 heterocycles. The van der Waals surface area contributed by atoms with Crippen LogP contribution < -0.4 is 0 Å². The molecule has 0 atom stereocenters. The summed E-state index contributed by atoms with van der Waals surface area (Å²) in [5.41, 5.74) is 0.629. The smallest absolute Gasteiger partial charge is 0.178 e. The monoisotopic (exact) mass is 253 g/mol. The van der Waals surface area contributed by atoms with Gasteiger partial charge >= 0.3 is 0 Å². The van der Waals surface area contributed by atoms with Crippen molar-refractivity contribution in [2.45, 2.75) is 26.7 Å². The van der Waals surface area contributed by atoms with E-state index in [0.717, 1.165) is 25.9 Å². The SMILES string of the molecule is CCCCN(CC)CC(=O)c1ccccc1Cl. The first-order valence-electron chi connectivity index (χ1n) is 6.19. The molecule has 1 aromatic rings. The molecule has 3 heteroatoms. The van der Waals surface area contributed by atoms with E-state index in [4.69, 9.17) is 11.6 Å². The van der Waals surface area contributed by atoms with Crippen LogP contribution in [0, 0.1) is 0 Å². The van der Waals surface area contributed by atoms with Gasteiger partial charge in [0.2, 0.25) is 0 Å². The summed E-state index contributed by atoms with van der Waals surface area (Å²) >= 11 is 6.01. The summed E-state index contributed by atoms with van der Waals surface area (Å²) in [5, 5.41) is 0.545. The van der Waals surface area contributed by atoms with Gasteiger partial charge in [-0.2, -0.15) is 0 Å². The van der Waals surface area contributed by atoms with Crippen molar-refractivity contribution in [1.82, 2.24) is 4.90 Å². The van der Waals surface area contributed by atoms with Gasteiger partial charge in [-0.3, -0.25) is 9.69 Å². The van der Waals surface area contributed by atoms with Gasteiger partial charge in [0.1, 0.15) is 0 Å². The summed E-state index contributed by atoms with van der Waals surface area (Å²) in [6, 6.07) is 7.24. The first-order valence-corrected chi connectivity index (χ1v) is 6.56. The number of hydrogen-bond acceptors (Lipinski definition) is 2. The average molecular weight is 254 g/mol. The molecule has 2 nitrogen and oxygen atoms in total. The van der Waals surface area contributed by atoms with Crippen molar-refractivity contribution >= 4 is 17.4 Å². The Balaban J connectivity index is 2.61. The highest BCUT2D eigenvalue weighted by Crippen LogP contribution is 2.15. The fraction of sp³-hybridized carbons (Fsp3) is 0.500. The normalized spacial score (nSPS) is 10.8. The molecule has 0 amide bonds. The number of nitrogens with zero attached hydrogens (tertiary/aromatic N) is 1. The molecule has 1 aromatic carbocycles. The van der Waals surface area contributed by atoms with Gasteiger partial charge in [-0.05, 0) is 31.6 Å². The van der Waals surface area contributed by atoms with E-state index in [0.29, 0.717) is 17.1 Å². The van der Waals surface area contributed by atoms with E-state index >= 15 is 0 Å². The molecule has 0 N–H and O–H groups in total. The van der Waals surface area contributed by atoms with Crippen molar-refractivity contribution in [3.63, 3.8) is 0 Å². The summed E-state index contributed by atoms with van der Waals surface area (Å²) in [4.78, 5) is 14.2. The van der Waals surface area contributed by atoms with Gasteiger partial charge in [-0.25, -0.2) is 0 Å². The highest BCUT2D eigenvalue weighted by Gasteiger charge is 2.13. The third-order valence-electron chi connectivity index (χ3n) is 2.82. The largest absolute Gasteiger partial charge is 0.296 e. The zero-order valence-corrected chi connectivity index (χ0v) is 11.3. The summed E-state index contributed by atoms with van der Waals surface area (Å²) < 4.78 is 0. The van der Waals surface area contributed by atoms with E-state index in [-0.39, 0.29) is 5.78 Å². The molecule has 0 spiro atoms. The molecule has 94 valence electrons. The number of benzene rings is 1. The highest BCUT2D eigenvalue weighted by molar-refractivity contribution is 6.34. The van der Waals surface area contributed by atoms with Crippen LogP contribution >= 0.6 is 11.6 Å². The lowest BCUT2D eigenvalue weighted by Crippen LogP contribution is -2.30. The molecule has 1 rings (SSSR count). The Morgan fingerprint density at radius 3 is 2.59 bits per heavy atom. The second-order valence-electron chi connectivity index (χ2n) is 4.13. The number of unbranched alkanes of at least 4 members (excludes halogenated alkanes) is 1. The Morgan fingerprint density at radius 1 is 1.29 bits per heavy atom. The van der Waals surface area contributed by atoms with Crippen LogP contribution in [0.15, 0.2) is 24.3 Å². The predicted octanol–water partition coefficient (Wildman–Crippen LogP) is 3.64. The number of carbonyl (C=O) groups is 1. The Labute approximate surface area is 109 Å². The van der Waals surface area contributed by atoms with Gasteiger partial charge in [-0.15, -0.1) is 0 Å². The molecule has 0 bridgehead atoms. The van der Waals surface area contributed by atoms with Crippen molar-refractivity contribution in [3.05, 3.63) is 34.9 Å². The van der Waals surface area contributed by atoms with Crippen LogP contribution in [-0.2, 0) is 0 Å². The molecule has 0 saturated heterocycles. The molecule has 17 heavy (non-hydrogen) atoms. The lowest BCUT2D eigenvalue weighted by Gasteiger charge is -2.19. The fourth-order valence-electron chi connectivity index (χ4n) is 1.71. The number of Topliss-reactive ketones (excluding diaryl/α,β-unsaturated/α-hetero) is 1. The van der Waals surface area contributed by atoms with Crippen molar-refractivity contribution in [2.75, 3.05) is 19.6 Å². The number of likely N-dealkylation sites (N-methyl/N-ethyl adjacent to an activating group) is 1. The van der Waals surface area contributed by atoms with Gasteiger partial charge in [0.05, 0.1) is 11.6 Å². The van der Waals surface area contributed by atoms with Gasteiger partial charge in [0.15, 0.2) is 5.78 Å². The summed E-state index contributed by atoms with van der Waals surface area (Å²) in [6.45, 7) is 6.57. The highest BCUT2D eigenvalue weighted by atomic mass is 35.5. The number of hydrogen-bond donors (Lipinski definition) is 0. The van der Waals surface area contributed by atoms with Gasteiger partial charge in [-0.1, -0.05) is 44.0 Å². The quantitative estimate of drug-likeness (QED) is 0.692. The van der Waals surface area contributed by atoms with Crippen molar-refractivity contribution in [3.8, 4) is 0 Å². The van der Waals surface area contributed by atoms with Crippen LogP contribution in [0.4, 0.5) is 0 Å². The topological polar surface area (TPSA) is 20.3 Å². The van der Waals surface area contributed by atoms with Crippen LogP contribution in [0.3, 0.4) is 0 Å². The lowest BCUT2D eigenvalue weighted by atomic mass is 10.1. The molecule has 0 aliphatic carbocycles. The molecular formula is C14H20ClNO. The fourth-order valence-corrected chi connectivity index (χ4v) is 1.95. The van der Waals surface area contributed by atoms with Crippen LogP contribution in [0.5, 0.6) is 0 Å². The van der Waals surface area contributed by atoms with Crippen LogP contribution in [0.2, 0.25) is 5.02 Å². The maximum Gasteiger partial charge on any atom is 0.178 e. The molecule has 0 aliphatic heterocycles. The number of halogens is 1. The predicted molar refractivity (Wildman–Crippen MR) is 72.8 cm³/mol. The summed E-state index contributed by atoms with van der Waals surface area (Å²) in [6.07, 6.45) is 2.28. The molecule has 0 aliphatic rings. The second kappa shape index (κ2) is 7.46. The van der Waals surface area contributed by atoms with Crippen molar-refractivity contribution < 1.29 is 4.79 Å². The maximum absolute atomic E-state index is 12.1. The number of ketones is 1. The summed E-state index contributed by atoms with van der Waals surface area (Å²) in [5.74, 6) is 0.105. The standard InChI is InChI=1S/C14H20ClNO/c1-3-5-10-16(4-2)11-14(17)12-8-6-7-9-13(12)15/h6-9H,3-5,10-11H2,1-2H3. The summed E-state index contributed by atoms with van der Waals surface area (Å²) in [7, 11) is 0. The number of rotatable bonds is 7. The third kappa shape index (κ3) is 4.49. The van der Waals surface area contributed by atoms with E-state index < -0.39 is 0 Å². The maximum atomic E-state index is 12.1. The molecule has 0 radical (unpaired) electrons. The van der Waals surface area contributed by atoms with Crippen molar-refractivity contribution in [2.24, 2.45) is 0 Å². The Kier molecular flexibility index (Phi) is 6.23. The zero-order chi connectivity index (χ0) is 12.7. The van der Waals surface area contributed by atoms with E-state index in [9.17, 15) is 4.79 Å². The molecular weight excluding hydrogens is 234 g/mol. The molecule has 0 fully saturated rings. The first-order chi connectivity index (χ1) is 8.19. The first kappa shape index (κ1) is 14.2. The zero-order valence-electron chi connectivity index (χ0n) is 10.6. The van der Waals surface area contributed by atoms with Gasteiger partial charge in [0, 0.05) is 5.56 Å². The average Bonchev–Trinajstić information content (AvgIpc) is 2.34. The Hall–Kier alpha value is -0.860. The Bertz CT molecular complexity index is 365. The van der Waals surface area contributed by atoms with Gasteiger partial charge < -0.3 is 0 Å². The van der Waals surface area contributed by atoms with Crippen LogP contribution in [-0.4, -0.2) is 30.3 Å². The third-order valence-corrected chi connectivity index (χ3v) is 3.15. The van der Waals surface area contributed by atoms with Gasteiger partial charge in [0.25, 0.3) is 0 Å². The molecule has 0 aromatic heterocycles. The van der Waals surface area contributed by atoms with Crippen molar-refractivity contribution in [1.29, 1.82) is 0 Å². The lowest BCUT2D eigenvalue weighted by molar-refractivity contribution is 0.0933. The molecule has 0 saturated carbocycles. The van der Waals surface area contributed by atoms with E-state index in [1.54, 1.807) is 12.1 Å². The Morgan fingerprint density at radius 2 is 2.00 bits per heavy atom. The van der Waals surface area contributed by atoms with E-state index in [1.165, 1.54) is 0 Å². The molecule has 0 unspecified atom stereocenters. The number of carbonyl (C=O) groups excluding carboxylic acids is 1. The minimum Gasteiger partial charge on any atom is -0.296 e. The minimum atomic E-state index is 0.105. The van der Waals surface area contributed by atoms with E-state index in [1.807, 2.05) is 12.1 Å².